The molecule has 1 rings (SSSR count). The molecule has 1 aliphatic carbocycles. The molecule has 5 heteroatoms. The second kappa shape index (κ2) is 2.86. The van der Waals surface area contributed by atoms with Crippen molar-refractivity contribution in [3.05, 3.63) is 0 Å². The molecule has 1 aliphatic rings. The van der Waals surface area contributed by atoms with E-state index in [0.29, 0.717) is 0 Å². The first-order valence-electron chi connectivity index (χ1n) is 3.36. The van der Waals surface area contributed by atoms with Crippen molar-refractivity contribution in [3.63, 3.8) is 0 Å². The normalized spacial score (nSPS) is 46.0. The molecule has 0 bridgehead atoms. The number of carbonyl (C=O) groups is 1. The largest absolute Gasteiger partial charge is 0.389 e. The third kappa shape index (κ3) is 1.41. The fourth-order valence-corrected chi connectivity index (χ4v) is 1.10. The van der Waals surface area contributed by atoms with E-state index in [1.165, 1.54) is 0 Å². The Morgan fingerprint density at radius 2 is 1.82 bits per heavy atom. The van der Waals surface area contributed by atoms with Crippen molar-refractivity contribution in [1.29, 1.82) is 0 Å². The van der Waals surface area contributed by atoms with Crippen LogP contribution >= 0.6 is 0 Å². The first kappa shape index (κ1) is 8.61. The molecule has 0 heterocycles. The van der Waals surface area contributed by atoms with E-state index in [1.54, 1.807) is 0 Å². The number of Topliss-reactive ketones (excluding diaryl/α,β-unsaturated/α-hetero) is 1. The van der Waals surface area contributed by atoms with Gasteiger partial charge in [-0.05, 0) is 0 Å². The van der Waals surface area contributed by atoms with Crippen LogP contribution in [-0.2, 0) is 4.79 Å². The third-order valence-electron chi connectivity index (χ3n) is 1.88. The molecular weight excluding hydrogens is 150 g/mol. The molecule has 0 aromatic heterocycles. The van der Waals surface area contributed by atoms with Crippen LogP contribution in [0.5, 0.6) is 0 Å². The number of rotatable bonds is 0. The standard InChI is InChI=1S/C6H11NO4/c7-2-1-3(8)5(10)6(11)4(2)9/h2,4-6,9-11H,1,7H2. The second-order valence-electron chi connectivity index (χ2n) is 2.76. The fourth-order valence-electron chi connectivity index (χ4n) is 1.10. The van der Waals surface area contributed by atoms with Crippen molar-refractivity contribution in [2.75, 3.05) is 0 Å². The summed E-state index contributed by atoms with van der Waals surface area (Å²) in [6, 6.07) is -0.763. The highest BCUT2D eigenvalue weighted by Gasteiger charge is 2.39. The zero-order valence-corrected chi connectivity index (χ0v) is 5.84. The van der Waals surface area contributed by atoms with Gasteiger partial charge in [-0.1, -0.05) is 0 Å². The SMILES string of the molecule is NC1CC(=O)C(O)C(O)C1O. The van der Waals surface area contributed by atoms with E-state index in [0.717, 1.165) is 0 Å². The molecular formula is C6H11NO4. The molecule has 0 saturated heterocycles. The Balaban J connectivity index is 2.70. The quantitative estimate of drug-likeness (QED) is 0.311. The average Bonchev–Trinajstić information content (AvgIpc) is 1.97. The van der Waals surface area contributed by atoms with Crippen molar-refractivity contribution in [2.24, 2.45) is 5.73 Å². The van der Waals surface area contributed by atoms with Crippen LogP contribution in [0, 0.1) is 0 Å². The van der Waals surface area contributed by atoms with Crippen LogP contribution < -0.4 is 5.73 Å². The van der Waals surface area contributed by atoms with E-state index in [-0.39, 0.29) is 6.42 Å². The summed E-state index contributed by atoms with van der Waals surface area (Å²) in [6.45, 7) is 0. The lowest BCUT2D eigenvalue weighted by molar-refractivity contribution is -0.148. The van der Waals surface area contributed by atoms with Gasteiger partial charge in [-0.15, -0.1) is 0 Å². The van der Waals surface area contributed by atoms with Gasteiger partial charge in [0.2, 0.25) is 0 Å². The molecule has 0 aromatic rings. The summed E-state index contributed by atoms with van der Waals surface area (Å²) in [5.74, 6) is -0.518. The Labute approximate surface area is 63.4 Å². The molecule has 4 atom stereocenters. The van der Waals surface area contributed by atoms with Gasteiger partial charge in [-0.25, -0.2) is 0 Å². The fraction of sp³-hybridized carbons (Fsp3) is 0.833. The molecule has 0 amide bonds. The molecule has 11 heavy (non-hydrogen) atoms. The molecule has 0 aromatic carbocycles. The predicted octanol–water partition coefficient (Wildman–Crippen LogP) is -2.63. The molecule has 0 radical (unpaired) electrons. The maximum Gasteiger partial charge on any atom is 0.165 e. The van der Waals surface area contributed by atoms with Crippen LogP contribution in [0.15, 0.2) is 0 Å². The maximum atomic E-state index is 10.8. The van der Waals surface area contributed by atoms with Crippen LogP contribution in [0.1, 0.15) is 6.42 Å². The third-order valence-corrected chi connectivity index (χ3v) is 1.88. The Kier molecular flexibility index (Phi) is 2.24. The predicted molar refractivity (Wildman–Crippen MR) is 35.6 cm³/mol. The highest BCUT2D eigenvalue weighted by molar-refractivity contribution is 5.85. The zero-order chi connectivity index (χ0) is 8.59. The summed E-state index contributed by atoms with van der Waals surface area (Å²) in [5.41, 5.74) is 5.28. The number of nitrogens with two attached hydrogens (primary N) is 1. The summed E-state index contributed by atoms with van der Waals surface area (Å²) in [5, 5.41) is 27.0. The van der Waals surface area contributed by atoms with E-state index in [9.17, 15) is 4.79 Å². The number of aliphatic hydroxyl groups excluding tert-OH is 3. The minimum atomic E-state index is -1.48. The van der Waals surface area contributed by atoms with E-state index >= 15 is 0 Å². The summed E-state index contributed by atoms with van der Waals surface area (Å²) >= 11 is 0. The van der Waals surface area contributed by atoms with E-state index in [1.807, 2.05) is 0 Å². The summed E-state index contributed by atoms with van der Waals surface area (Å²) < 4.78 is 0. The van der Waals surface area contributed by atoms with Crippen molar-refractivity contribution in [3.8, 4) is 0 Å². The summed E-state index contributed by atoms with van der Waals surface area (Å²) in [7, 11) is 0. The number of ketones is 1. The Bertz CT molecular complexity index is 172. The van der Waals surface area contributed by atoms with Crippen LogP contribution in [0.4, 0.5) is 0 Å². The number of carbonyl (C=O) groups excluding carboxylic acids is 1. The van der Waals surface area contributed by atoms with Gasteiger partial charge in [-0.3, -0.25) is 4.79 Å². The topological polar surface area (TPSA) is 104 Å². The van der Waals surface area contributed by atoms with Gasteiger partial charge in [0, 0.05) is 12.5 Å². The molecule has 0 aliphatic heterocycles. The van der Waals surface area contributed by atoms with E-state index < -0.39 is 30.1 Å². The Morgan fingerprint density at radius 1 is 1.27 bits per heavy atom. The van der Waals surface area contributed by atoms with Gasteiger partial charge in [0.1, 0.15) is 12.2 Å². The first-order chi connectivity index (χ1) is 5.04. The monoisotopic (exact) mass is 161 g/mol. The molecule has 1 saturated carbocycles. The molecule has 0 spiro atoms. The van der Waals surface area contributed by atoms with Crippen molar-refractivity contribution in [2.45, 2.75) is 30.8 Å². The van der Waals surface area contributed by atoms with Crippen LogP contribution in [0.25, 0.3) is 0 Å². The lowest BCUT2D eigenvalue weighted by atomic mass is 9.87. The van der Waals surface area contributed by atoms with Gasteiger partial charge < -0.3 is 21.1 Å². The summed E-state index contributed by atoms with van der Waals surface area (Å²) in [6.07, 6.45) is -4.21. The molecule has 64 valence electrons. The second-order valence-corrected chi connectivity index (χ2v) is 2.76. The average molecular weight is 161 g/mol. The highest BCUT2D eigenvalue weighted by atomic mass is 16.4. The van der Waals surface area contributed by atoms with Crippen molar-refractivity contribution < 1.29 is 20.1 Å². The maximum absolute atomic E-state index is 10.8. The minimum Gasteiger partial charge on any atom is -0.389 e. The zero-order valence-electron chi connectivity index (χ0n) is 5.84. The van der Waals surface area contributed by atoms with Gasteiger partial charge >= 0.3 is 0 Å². The van der Waals surface area contributed by atoms with E-state index in [4.69, 9.17) is 21.1 Å². The number of hydrogen-bond acceptors (Lipinski definition) is 5. The summed E-state index contributed by atoms with van der Waals surface area (Å²) in [4.78, 5) is 10.8. The molecule has 5 nitrogen and oxygen atoms in total. The smallest absolute Gasteiger partial charge is 0.165 e. The van der Waals surface area contributed by atoms with Crippen molar-refractivity contribution in [1.82, 2.24) is 0 Å². The Morgan fingerprint density at radius 3 is 2.36 bits per heavy atom. The van der Waals surface area contributed by atoms with E-state index in [2.05, 4.69) is 0 Å². The van der Waals surface area contributed by atoms with Gasteiger partial charge in [-0.2, -0.15) is 0 Å². The minimum absolute atomic E-state index is 0.0839. The van der Waals surface area contributed by atoms with Gasteiger partial charge in [0.05, 0.1) is 6.10 Å². The highest BCUT2D eigenvalue weighted by Crippen LogP contribution is 2.15. The van der Waals surface area contributed by atoms with Crippen LogP contribution in [-0.4, -0.2) is 45.5 Å². The first-order valence-corrected chi connectivity index (χ1v) is 3.36. The number of aliphatic hydroxyl groups is 3. The van der Waals surface area contributed by atoms with Crippen LogP contribution in [0.2, 0.25) is 0 Å². The number of hydrogen-bond donors (Lipinski definition) is 4. The van der Waals surface area contributed by atoms with Crippen LogP contribution in [0.3, 0.4) is 0 Å². The molecule has 5 N–H and O–H groups in total. The molecule has 4 unspecified atom stereocenters. The van der Waals surface area contributed by atoms with Gasteiger partial charge in [0.25, 0.3) is 0 Å². The Hall–Kier alpha value is -0.490. The lowest BCUT2D eigenvalue weighted by Crippen LogP contribution is -2.56. The lowest BCUT2D eigenvalue weighted by Gasteiger charge is -2.31. The van der Waals surface area contributed by atoms with Crippen molar-refractivity contribution >= 4 is 5.78 Å². The van der Waals surface area contributed by atoms with Gasteiger partial charge in [0.15, 0.2) is 5.78 Å². The molecule has 1 fully saturated rings.